The van der Waals surface area contributed by atoms with Crippen LogP contribution in [0.15, 0.2) is 0 Å². The van der Waals surface area contributed by atoms with Gasteiger partial charge in [0.1, 0.15) is 0 Å². The lowest BCUT2D eigenvalue weighted by Crippen LogP contribution is -2.37. The van der Waals surface area contributed by atoms with Crippen molar-refractivity contribution in [3.63, 3.8) is 0 Å². The quantitative estimate of drug-likeness (QED) is 0.716. The molecule has 0 heterocycles. The summed E-state index contributed by atoms with van der Waals surface area (Å²) >= 11 is 0. The zero-order valence-corrected chi connectivity index (χ0v) is 9.11. The standard InChI is InChI=1S/C8H19NO2S/c1-5-6-12(10,11)9-8(4)7(2)3/h7-9H,5-6H2,1-4H3. The average molecular weight is 193 g/mol. The Kier molecular flexibility index (Phi) is 4.78. The monoisotopic (exact) mass is 193 g/mol. The summed E-state index contributed by atoms with van der Waals surface area (Å²) in [6, 6.07) is 0.0292. The molecule has 0 aromatic rings. The topological polar surface area (TPSA) is 46.2 Å². The van der Waals surface area contributed by atoms with Crippen LogP contribution in [-0.4, -0.2) is 20.2 Å². The first-order valence-electron chi connectivity index (χ1n) is 4.39. The van der Waals surface area contributed by atoms with Gasteiger partial charge in [-0.3, -0.25) is 0 Å². The molecule has 12 heavy (non-hydrogen) atoms. The maximum Gasteiger partial charge on any atom is 0.211 e. The van der Waals surface area contributed by atoms with Crippen molar-refractivity contribution >= 4 is 10.0 Å². The molecule has 1 atom stereocenters. The summed E-state index contributed by atoms with van der Waals surface area (Å²) in [5.74, 6) is 0.570. The van der Waals surface area contributed by atoms with Gasteiger partial charge in [0, 0.05) is 6.04 Å². The fraction of sp³-hybridized carbons (Fsp3) is 1.00. The zero-order valence-electron chi connectivity index (χ0n) is 8.29. The van der Waals surface area contributed by atoms with Gasteiger partial charge in [-0.1, -0.05) is 20.8 Å². The highest BCUT2D eigenvalue weighted by atomic mass is 32.2. The van der Waals surface area contributed by atoms with Crippen LogP contribution >= 0.6 is 0 Å². The Morgan fingerprint density at radius 2 is 1.75 bits per heavy atom. The lowest BCUT2D eigenvalue weighted by molar-refractivity contribution is 0.476. The molecule has 0 aliphatic carbocycles. The molecular formula is C8H19NO2S. The van der Waals surface area contributed by atoms with Gasteiger partial charge in [0.15, 0.2) is 0 Å². The second kappa shape index (κ2) is 4.82. The van der Waals surface area contributed by atoms with Crippen molar-refractivity contribution < 1.29 is 8.42 Å². The summed E-state index contributed by atoms with van der Waals surface area (Å²) in [6.45, 7) is 7.75. The van der Waals surface area contributed by atoms with Gasteiger partial charge < -0.3 is 0 Å². The van der Waals surface area contributed by atoms with E-state index in [1.54, 1.807) is 0 Å². The molecule has 0 amide bonds. The van der Waals surface area contributed by atoms with Gasteiger partial charge in [0.05, 0.1) is 5.75 Å². The first-order valence-corrected chi connectivity index (χ1v) is 6.04. The number of sulfonamides is 1. The van der Waals surface area contributed by atoms with Gasteiger partial charge in [0.2, 0.25) is 10.0 Å². The minimum atomic E-state index is -3.03. The van der Waals surface area contributed by atoms with Gasteiger partial charge in [-0.05, 0) is 19.3 Å². The number of hydrogen-bond donors (Lipinski definition) is 1. The Bertz CT molecular complexity index is 209. The Hall–Kier alpha value is -0.0900. The van der Waals surface area contributed by atoms with E-state index in [9.17, 15) is 8.42 Å². The fourth-order valence-electron chi connectivity index (χ4n) is 0.747. The van der Waals surface area contributed by atoms with Gasteiger partial charge in [-0.2, -0.15) is 0 Å². The molecule has 0 rings (SSSR count). The molecule has 0 fully saturated rings. The van der Waals surface area contributed by atoms with E-state index in [1.165, 1.54) is 0 Å². The molecule has 0 aromatic carbocycles. The number of hydrogen-bond acceptors (Lipinski definition) is 2. The van der Waals surface area contributed by atoms with E-state index in [2.05, 4.69) is 4.72 Å². The molecule has 0 bridgehead atoms. The molecule has 0 spiro atoms. The van der Waals surface area contributed by atoms with Gasteiger partial charge in [-0.25, -0.2) is 13.1 Å². The second-order valence-electron chi connectivity index (χ2n) is 3.47. The summed E-state index contributed by atoms with van der Waals surface area (Å²) in [4.78, 5) is 0. The Morgan fingerprint density at radius 1 is 1.25 bits per heavy atom. The molecule has 4 heteroatoms. The molecule has 1 unspecified atom stereocenters. The molecule has 0 saturated carbocycles. The predicted octanol–water partition coefficient (Wildman–Crippen LogP) is 1.36. The van der Waals surface area contributed by atoms with Gasteiger partial charge >= 0.3 is 0 Å². The third kappa shape index (κ3) is 4.72. The van der Waals surface area contributed by atoms with Crippen molar-refractivity contribution in [2.75, 3.05) is 5.75 Å². The number of nitrogens with one attached hydrogen (secondary N) is 1. The van der Waals surface area contributed by atoms with E-state index in [0.717, 1.165) is 0 Å². The van der Waals surface area contributed by atoms with Crippen LogP contribution in [0.3, 0.4) is 0 Å². The van der Waals surface area contributed by atoms with E-state index in [1.807, 2.05) is 27.7 Å². The largest absolute Gasteiger partial charge is 0.212 e. The highest BCUT2D eigenvalue weighted by Crippen LogP contribution is 2.02. The highest BCUT2D eigenvalue weighted by Gasteiger charge is 2.15. The lowest BCUT2D eigenvalue weighted by Gasteiger charge is -2.16. The highest BCUT2D eigenvalue weighted by molar-refractivity contribution is 7.89. The van der Waals surface area contributed by atoms with Crippen LogP contribution in [0.2, 0.25) is 0 Å². The summed E-state index contributed by atoms with van der Waals surface area (Å²) in [7, 11) is -3.03. The van der Waals surface area contributed by atoms with Crippen LogP contribution < -0.4 is 4.72 Å². The first kappa shape index (κ1) is 11.9. The van der Waals surface area contributed by atoms with Crippen molar-refractivity contribution in [1.29, 1.82) is 0 Å². The Balaban J connectivity index is 4.07. The fourth-order valence-corrected chi connectivity index (χ4v) is 2.24. The SMILES string of the molecule is CCCS(=O)(=O)NC(C)C(C)C. The molecule has 0 aliphatic heterocycles. The molecule has 74 valence electrons. The molecule has 1 N–H and O–H groups in total. The third-order valence-electron chi connectivity index (χ3n) is 1.84. The predicted molar refractivity (Wildman–Crippen MR) is 51.5 cm³/mol. The van der Waals surface area contributed by atoms with E-state index in [0.29, 0.717) is 12.3 Å². The smallest absolute Gasteiger partial charge is 0.211 e. The van der Waals surface area contributed by atoms with Gasteiger partial charge in [0.25, 0.3) is 0 Å². The maximum atomic E-state index is 11.2. The van der Waals surface area contributed by atoms with E-state index in [-0.39, 0.29) is 11.8 Å². The van der Waals surface area contributed by atoms with Crippen molar-refractivity contribution in [3.8, 4) is 0 Å². The third-order valence-corrected chi connectivity index (χ3v) is 3.51. The molecule has 0 aromatic heterocycles. The average Bonchev–Trinajstić information content (AvgIpc) is 1.85. The van der Waals surface area contributed by atoms with E-state index >= 15 is 0 Å². The summed E-state index contributed by atoms with van der Waals surface area (Å²) in [5, 5.41) is 0. The van der Waals surface area contributed by atoms with Crippen LogP contribution in [0.1, 0.15) is 34.1 Å². The van der Waals surface area contributed by atoms with Gasteiger partial charge in [-0.15, -0.1) is 0 Å². The van der Waals surface area contributed by atoms with Crippen LogP contribution in [0, 0.1) is 5.92 Å². The molecule has 0 saturated heterocycles. The Morgan fingerprint density at radius 3 is 2.08 bits per heavy atom. The molecule has 0 radical (unpaired) electrons. The Labute approximate surface area is 75.6 Å². The molecule has 0 aliphatic rings. The van der Waals surface area contributed by atoms with Crippen molar-refractivity contribution in [3.05, 3.63) is 0 Å². The minimum Gasteiger partial charge on any atom is -0.212 e. The van der Waals surface area contributed by atoms with Crippen LogP contribution in [0.5, 0.6) is 0 Å². The maximum absolute atomic E-state index is 11.2. The van der Waals surface area contributed by atoms with Crippen LogP contribution in [-0.2, 0) is 10.0 Å². The summed E-state index contributed by atoms with van der Waals surface area (Å²) in [5.41, 5.74) is 0. The second-order valence-corrected chi connectivity index (χ2v) is 5.34. The van der Waals surface area contributed by atoms with E-state index in [4.69, 9.17) is 0 Å². The van der Waals surface area contributed by atoms with E-state index < -0.39 is 10.0 Å². The summed E-state index contributed by atoms with van der Waals surface area (Å²) in [6.07, 6.45) is 0.667. The van der Waals surface area contributed by atoms with Crippen molar-refractivity contribution in [2.24, 2.45) is 5.92 Å². The molecule has 3 nitrogen and oxygen atoms in total. The lowest BCUT2D eigenvalue weighted by atomic mass is 10.1. The first-order chi connectivity index (χ1) is 5.39. The zero-order chi connectivity index (χ0) is 9.78. The summed E-state index contributed by atoms with van der Waals surface area (Å²) < 4.78 is 25.1. The molecular weight excluding hydrogens is 174 g/mol. The minimum absolute atomic E-state index is 0.0292. The van der Waals surface area contributed by atoms with Crippen molar-refractivity contribution in [1.82, 2.24) is 4.72 Å². The van der Waals surface area contributed by atoms with Crippen molar-refractivity contribution in [2.45, 2.75) is 40.2 Å². The van der Waals surface area contributed by atoms with Crippen LogP contribution in [0.4, 0.5) is 0 Å². The number of rotatable bonds is 5. The van der Waals surface area contributed by atoms with Crippen LogP contribution in [0.25, 0.3) is 0 Å². The normalized spacial score (nSPS) is 15.1.